The van der Waals surface area contributed by atoms with Gasteiger partial charge in [-0.05, 0) is 47.1 Å². The highest BCUT2D eigenvalue weighted by molar-refractivity contribution is 9.10. The van der Waals surface area contributed by atoms with E-state index in [0.29, 0.717) is 0 Å². The van der Waals surface area contributed by atoms with Crippen LogP contribution in [0.15, 0.2) is 33.3 Å². The fourth-order valence-corrected chi connectivity index (χ4v) is 3.66. The smallest absolute Gasteiger partial charge is 0.0768 e. The summed E-state index contributed by atoms with van der Waals surface area (Å²) in [6, 6.07) is 5.89. The monoisotopic (exact) mass is 419 g/mol. The molecule has 0 aliphatic carbocycles. The maximum Gasteiger partial charge on any atom is 0.0768 e. The first-order valence-electron chi connectivity index (χ1n) is 6.41. The van der Waals surface area contributed by atoms with E-state index < -0.39 is 0 Å². The normalized spacial score (nSPS) is 12.7. The number of hydrogen-bond acceptors (Lipinski definition) is 2. The molecule has 1 atom stereocenters. The molecule has 3 nitrogen and oxygen atoms in total. The van der Waals surface area contributed by atoms with E-state index in [0.717, 1.165) is 38.2 Å². The molecule has 2 aromatic rings. The summed E-state index contributed by atoms with van der Waals surface area (Å²) in [5.41, 5.74) is 2.26. The number of halogens is 3. The summed E-state index contributed by atoms with van der Waals surface area (Å²) in [5.74, 6) is 0. The van der Waals surface area contributed by atoms with E-state index in [1.54, 1.807) is 0 Å². The quantitative estimate of drug-likeness (QED) is 0.753. The first kappa shape index (κ1) is 16.0. The SMILES string of the molecule is CCCn1ncc(Br)c1C(NC)c1ccc(Cl)cc1Br. The van der Waals surface area contributed by atoms with Crippen molar-refractivity contribution in [1.29, 1.82) is 0 Å². The van der Waals surface area contributed by atoms with Crippen molar-refractivity contribution in [1.82, 2.24) is 15.1 Å². The molecule has 1 unspecified atom stereocenters. The molecule has 0 aliphatic rings. The van der Waals surface area contributed by atoms with Crippen molar-refractivity contribution in [3.05, 3.63) is 49.6 Å². The molecule has 6 heteroatoms. The highest BCUT2D eigenvalue weighted by atomic mass is 79.9. The number of aryl methyl sites for hydroxylation is 1. The third-order valence-corrected chi connectivity index (χ3v) is 4.64. The maximum atomic E-state index is 6.02. The van der Waals surface area contributed by atoms with Crippen LogP contribution >= 0.6 is 43.5 Å². The molecule has 108 valence electrons. The van der Waals surface area contributed by atoms with Crippen molar-refractivity contribution in [2.24, 2.45) is 0 Å². The maximum absolute atomic E-state index is 6.02. The topological polar surface area (TPSA) is 29.9 Å². The van der Waals surface area contributed by atoms with Crippen molar-refractivity contribution in [2.45, 2.75) is 25.9 Å². The van der Waals surface area contributed by atoms with Crippen LogP contribution in [0.1, 0.15) is 30.6 Å². The average molecular weight is 422 g/mol. The van der Waals surface area contributed by atoms with Crippen LogP contribution in [0.4, 0.5) is 0 Å². The molecule has 0 saturated carbocycles. The highest BCUT2D eigenvalue weighted by Crippen LogP contribution is 2.33. The second-order valence-electron chi connectivity index (χ2n) is 4.49. The van der Waals surface area contributed by atoms with Crippen LogP contribution in [0.25, 0.3) is 0 Å². The Labute approximate surface area is 141 Å². The van der Waals surface area contributed by atoms with Gasteiger partial charge in [-0.25, -0.2) is 0 Å². The summed E-state index contributed by atoms with van der Waals surface area (Å²) in [6.45, 7) is 3.04. The first-order valence-corrected chi connectivity index (χ1v) is 8.38. The molecule has 1 N–H and O–H groups in total. The van der Waals surface area contributed by atoms with E-state index in [4.69, 9.17) is 11.6 Å². The van der Waals surface area contributed by atoms with Gasteiger partial charge in [-0.3, -0.25) is 4.68 Å². The van der Waals surface area contributed by atoms with Crippen LogP contribution in [-0.2, 0) is 6.54 Å². The van der Waals surface area contributed by atoms with Crippen molar-refractivity contribution in [3.63, 3.8) is 0 Å². The van der Waals surface area contributed by atoms with Crippen molar-refractivity contribution in [3.8, 4) is 0 Å². The molecule has 0 radical (unpaired) electrons. The minimum Gasteiger partial charge on any atom is -0.308 e. The second kappa shape index (κ2) is 7.07. The van der Waals surface area contributed by atoms with E-state index in [-0.39, 0.29) is 6.04 Å². The zero-order chi connectivity index (χ0) is 14.7. The van der Waals surface area contributed by atoms with E-state index in [2.05, 4.69) is 49.2 Å². The number of hydrogen-bond donors (Lipinski definition) is 1. The van der Waals surface area contributed by atoms with Crippen LogP contribution in [0.2, 0.25) is 5.02 Å². The van der Waals surface area contributed by atoms with Crippen molar-refractivity contribution in [2.75, 3.05) is 7.05 Å². The van der Waals surface area contributed by atoms with Crippen LogP contribution in [0.5, 0.6) is 0 Å². The number of rotatable bonds is 5. The molecule has 0 fully saturated rings. The minimum absolute atomic E-state index is 0.0464. The van der Waals surface area contributed by atoms with Gasteiger partial charge >= 0.3 is 0 Å². The summed E-state index contributed by atoms with van der Waals surface area (Å²) in [6.07, 6.45) is 2.89. The van der Waals surface area contributed by atoms with E-state index in [1.165, 1.54) is 0 Å². The predicted molar refractivity (Wildman–Crippen MR) is 90.3 cm³/mol. The van der Waals surface area contributed by atoms with E-state index in [1.807, 2.05) is 36.1 Å². The number of benzene rings is 1. The van der Waals surface area contributed by atoms with Gasteiger partial charge in [0.15, 0.2) is 0 Å². The summed E-state index contributed by atoms with van der Waals surface area (Å²) in [5, 5.41) is 8.51. The van der Waals surface area contributed by atoms with Gasteiger partial charge in [0.2, 0.25) is 0 Å². The number of nitrogens with zero attached hydrogens (tertiary/aromatic N) is 2. The molecule has 1 aromatic heterocycles. The zero-order valence-electron chi connectivity index (χ0n) is 11.3. The molecule has 0 amide bonds. The van der Waals surface area contributed by atoms with Gasteiger partial charge in [0.1, 0.15) is 0 Å². The molecule has 20 heavy (non-hydrogen) atoms. The third kappa shape index (κ3) is 3.27. The lowest BCUT2D eigenvalue weighted by Gasteiger charge is -2.20. The Balaban J connectivity index is 2.49. The standard InChI is InChI=1S/C14H16Br2ClN3/c1-3-6-20-14(12(16)8-19-20)13(18-2)10-5-4-9(17)7-11(10)15/h4-5,7-8,13,18H,3,6H2,1-2H3. The molecule has 0 bridgehead atoms. The van der Waals surface area contributed by atoms with Crippen LogP contribution in [0, 0.1) is 0 Å². The molecule has 2 rings (SSSR count). The largest absolute Gasteiger partial charge is 0.308 e. The molecule has 0 saturated heterocycles. The van der Waals surface area contributed by atoms with E-state index >= 15 is 0 Å². The molecule has 0 aliphatic heterocycles. The summed E-state index contributed by atoms with van der Waals surface area (Å²) < 4.78 is 4.03. The van der Waals surface area contributed by atoms with Gasteiger partial charge in [-0.15, -0.1) is 0 Å². The summed E-state index contributed by atoms with van der Waals surface area (Å²) >= 11 is 13.2. The molecular weight excluding hydrogens is 405 g/mol. The third-order valence-electron chi connectivity index (χ3n) is 3.10. The average Bonchev–Trinajstić information content (AvgIpc) is 2.75. The van der Waals surface area contributed by atoms with Gasteiger partial charge in [0.25, 0.3) is 0 Å². The Hall–Kier alpha value is -0.360. The second-order valence-corrected chi connectivity index (χ2v) is 6.63. The van der Waals surface area contributed by atoms with Crippen LogP contribution < -0.4 is 5.32 Å². The molecule has 1 aromatic carbocycles. The van der Waals surface area contributed by atoms with Crippen LogP contribution in [-0.4, -0.2) is 16.8 Å². The molecule has 0 spiro atoms. The minimum atomic E-state index is 0.0464. The van der Waals surface area contributed by atoms with Crippen molar-refractivity contribution >= 4 is 43.5 Å². The lowest BCUT2D eigenvalue weighted by Crippen LogP contribution is -2.22. The Bertz CT molecular complexity index is 598. The van der Waals surface area contributed by atoms with Gasteiger partial charge in [0, 0.05) is 16.0 Å². The van der Waals surface area contributed by atoms with Gasteiger partial charge in [-0.2, -0.15) is 5.10 Å². The Morgan fingerprint density at radius 2 is 2.10 bits per heavy atom. The molecule has 1 heterocycles. The van der Waals surface area contributed by atoms with Gasteiger partial charge in [0.05, 0.1) is 22.4 Å². The van der Waals surface area contributed by atoms with Crippen LogP contribution in [0.3, 0.4) is 0 Å². The Kier molecular flexibility index (Phi) is 5.66. The highest BCUT2D eigenvalue weighted by Gasteiger charge is 2.22. The fourth-order valence-electron chi connectivity index (χ4n) is 2.22. The fraction of sp³-hybridized carbons (Fsp3) is 0.357. The Morgan fingerprint density at radius 3 is 2.70 bits per heavy atom. The number of nitrogens with one attached hydrogen (secondary N) is 1. The molecular formula is C14H16Br2ClN3. The predicted octanol–water partition coefficient (Wildman–Crippen LogP) is 4.78. The first-order chi connectivity index (χ1) is 9.58. The summed E-state index contributed by atoms with van der Waals surface area (Å²) in [4.78, 5) is 0. The Morgan fingerprint density at radius 1 is 1.35 bits per heavy atom. The zero-order valence-corrected chi connectivity index (χ0v) is 15.3. The lowest BCUT2D eigenvalue weighted by atomic mass is 10.0. The van der Waals surface area contributed by atoms with E-state index in [9.17, 15) is 0 Å². The lowest BCUT2D eigenvalue weighted by molar-refractivity contribution is 0.532. The van der Waals surface area contributed by atoms with Crippen molar-refractivity contribution < 1.29 is 0 Å². The van der Waals surface area contributed by atoms with Gasteiger partial charge < -0.3 is 5.32 Å². The summed E-state index contributed by atoms with van der Waals surface area (Å²) in [7, 11) is 1.95. The number of aromatic nitrogens is 2. The van der Waals surface area contributed by atoms with Gasteiger partial charge in [-0.1, -0.05) is 40.5 Å².